The van der Waals surface area contributed by atoms with E-state index in [1.54, 1.807) is 12.1 Å². The first-order valence-electron chi connectivity index (χ1n) is 13.4. The molecule has 0 spiro atoms. The van der Waals surface area contributed by atoms with Gasteiger partial charge in [-0.2, -0.15) is 0 Å². The van der Waals surface area contributed by atoms with Crippen molar-refractivity contribution in [3.63, 3.8) is 0 Å². The van der Waals surface area contributed by atoms with Crippen LogP contribution in [-0.4, -0.2) is 46.1 Å². The van der Waals surface area contributed by atoms with E-state index < -0.39 is 12.4 Å². The van der Waals surface area contributed by atoms with Crippen molar-refractivity contribution in [2.75, 3.05) is 13.2 Å². The number of hydrogen-bond donors (Lipinski definition) is 3. The average Bonchev–Trinajstić information content (AvgIpc) is 3.39. The maximum absolute atomic E-state index is 13.2. The summed E-state index contributed by atoms with van der Waals surface area (Å²) >= 11 is 0. The number of fused-ring (bicyclic) bond motifs is 2. The van der Waals surface area contributed by atoms with Crippen LogP contribution in [0.3, 0.4) is 0 Å². The van der Waals surface area contributed by atoms with Crippen molar-refractivity contribution >= 4 is 16.7 Å². The first-order chi connectivity index (χ1) is 18.4. The van der Waals surface area contributed by atoms with Crippen LogP contribution >= 0.6 is 0 Å². The molecule has 2 heterocycles. The highest BCUT2D eigenvalue weighted by Gasteiger charge is 2.43. The van der Waals surface area contributed by atoms with Gasteiger partial charge in [0.2, 0.25) is 0 Å². The van der Waals surface area contributed by atoms with Gasteiger partial charge in [0.25, 0.3) is 0 Å². The van der Waals surface area contributed by atoms with Gasteiger partial charge in [0, 0.05) is 34.5 Å². The molecule has 39 heavy (non-hydrogen) atoms. The summed E-state index contributed by atoms with van der Waals surface area (Å²) in [4.78, 5) is 12.5. The van der Waals surface area contributed by atoms with Gasteiger partial charge < -0.3 is 29.6 Å². The molecule has 212 valence electrons. The molecule has 1 aromatic heterocycles. The van der Waals surface area contributed by atoms with Crippen molar-refractivity contribution in [1.82, 2.24) is 9.88 Å². The summed E-state index contributed by atoms with van der Waals surface area (Å²) in [6.07, 6.45) is -1.90. The molecule has 9 heteroatoms. The molecule has 2 aromatic carbocycles. The van der Waals surface area contributed by atoms with Crippen molar-refractivity contribution in [1.29, 1.82) is 0 Å². The number of aliphatic hydroxyl groups is 2. The fraction of sp³-hybridized carbons (Fsp3) is 0.500. The van der Waals surface area contributed by atoms with Crippen LogP contribution in [0.2, 0.25) is 0 Å². The average molecular weight is 545 g/mol. The predicted molar refractivity (Wildman–Crippen MR) is 145 cm³/mol. The van der Waals surface area contributed by atoms with Crippen LogP contribution in [0.5, 0.6) is 11.5 Å². The predicted octanol–water partition coefficient (Wildman–Crippen LogP) is 5.25. The number of rotatable bonds is 12. The molecule has 0 radical (unpaired) electrons. The number of nitrogens with zero attached hydrogens (tertiary/aromatic N) is 1. The number of aryl methyl sites for hydroxylation is 1. The third-order valence-electron chi connectivity index (χ3n) is 7.04. The van der Waals surface area contributed by atoms with E-state index in [0.29, 0.717) is 25.8 Å². The van der Waals surface area contributed by atoms with Crippen LogP contribution in [-0.2, 0) is 23.2 Å². The molecular weight excluding hydrogens is 506 g/mol. The summed E-state index contributed by atoms with van der Waals surface area (Å²) in [6.45, 7) is 8.67. The topological polar surface area (TPSA) is 93.0 Å². The van der Waals surface area contributed by atoms with Gasteiger partial charge in [0.15, 0.2) is 11.5 Å². The number of unbranched alkanes of at least 4 members (excludes halogenated alkanes) is 1. The zero-order chi connectivity index (χ0) is 28.4. The van der Waals surface area contributed by atoms with Gasteiger partial charge in [-0.1, -0.05) is 32.9 Å². The van der Waals surface area contributed by atoms with Crippen molar-refractivity contribution in [2.45, 2.75) is 83.8 Å². The van der Waals surface area contributed by atoms with Crippen molar-refractivity contribution in [3.8, 4) is 11.5 Å². The molecule has 0 bridgehead atoms. The van der Waals surface area contributed by atoms with E-state index in [1.165, 1.54) is 6.07 Å². The zero-order valence-corrected chi connectivity index (χ0v) is 23.0. The SMILES string of the molecule is CC(NCC(=O)CCCCc1ccc2c(c1)OC(F)(F)O2)c1ccc2c(c1)cc(C(C)(C)C)n2C[C@@H](O)CO. The smallest absolute Gasteiger partial charge is 0.395 e. The van der Waals surface area contributed by atoms with Crippen LogP contribution in [0.4, 0.5) is 8.78 Å². The first kappa shape index (κ1) is 29.0. The van der Waals surface area contributed by atoms with Crippen LogP contribution in [0.1, 0.15) is 69.8 Å². The third-order valence-corrected chi connectivity index (χ3v) is 7.04. The van der Waals surface area contributed by atoms with Gasteiger partial charge in [0.05, 0.1) is 25.8 Å². The summed E-state index contributed by atoms with van der Waals surface area (Å²) in [7, 11) is 0. The minimum atomic E-state index is -3.62. The van der Waals surface area contributed by atoms with Crippen molar-refractivity contribution < 1.29 is 33.3 Å². The van der Waals surface area contributed by atoms with E-state index in [-0.39, 0.29) is 41.9 Å². The summed E-state index contributed by atoms with van der Waals surface area (Å²) in [5.41, 5.74) is 3.86. The number of aliphatic hydroxyl groups excluding tert-OH is 2. The highest BCUT2D eigenvalue weighted by Crippen LogP contribution is 2.41. The Morgan fingerprint density at radius 3 is 2.54 bits per heavy atom. The van der Waals surface area contributed by atoms with E-state index in [0.717, 1.165) is 34.1 Å². The Morgan fingerprint density at radius 1 is 1.08 bits per heavy atom. The van der Waals surface area contributed by atoms with Gasteiger partial charge >= 0.3 is 6.29 Å². The molecule has 1 aliphatic heterocycles. The second-order valence-electron chi connectivity index (χ2n) is 11.3. The number of benzene rings is 2. The molecule has 1 unspecified atom stereocenters. The Morgan fingerprint density at radius 2 is 1.82 bits per heavy atom. The molecule has 0 fully saturated rings. The lowest BCUT2D eigenvalue weighted by atomic mass is 9.92. The summed E-state index contributed by atoms with van der Waals surface area (Å²) in [6, 6.07) is 13.0. The Kier molecular flexibility index (Phi) is 8.63. The molecule has 0 amide bonds. The number of carbonyl (C=O) groups excluding carboxylic acids is 1. The van der Waals surface area contributed by atoms with Crippen molar-refractivity contribution in [2.24, 2.45) is 0 Å². The molecule has 0 saturated heterocycles. The zero-order valence-electron chi connectivity index (χ0n) is 23.0. The molecular formula is C30H38F2N2O5. The summed E-state index contributed by atoms with van der Waals surface area (Å²) in [5, 5.41) is 23.8. The monoisotopic (exact) mass is 544 g/mol. The Balaban J connectivity index is 1.28. The molecule has 7 nitrogen and oxygen atoms in total. The number of nitrogens with one attached hydrogen (secondary N) is 1. The van der Waals surface area contributed by atoms with Crippen LogP contribution < -0.4 is 14.8 Å². The highest BCUT2D eigenvalue weighted by atomic mass is 19.3. The second kappa shape index (κ2) is 11.6. The fourth-order valence-corrected chi connectivity index (χ4v) is 4.92. The Labute approximate surface area is 227 Å². The molecule has 4 rings (SSSR count). The lowest BCUT2D eigenvalue weighted by molar-refractivity contribution is -0.286. The Bertz CT molecular complexity index is 1310. The van der Waals surface area contributed by atoms with E-state index in [9.17, 15) is 23.8 Å². The molecule has 0 saturated carbocycles. The number of Topliss-reactive ketones (excluding diaryl/α,β-unsaturated/α-hetero) is 1. The molecule has 3 N–H and O–H groups in total. The quantitative estimate of drug-likeness (QED) is 0.270. The third kappa shape index (κ3) is 7.15. The van der Waals surface area contributed by atoms with Crippen molar-refractivity contribution in [3.05, 3.63) is 59.3 Å². The first-order valence-corrected chi connectivity index (χ1v) is 13.4. The minimum absolute atomic E-state index is 0.0328. The second-order valence-corrected chi connectivity index (χ2v) is 11.3. The number of ether oxygens (including phenoxy) is 2. The number of hydrogen-bond acceptors (Lipinski definition) is 6. The summed E-state index contributed by atoms with van der Waals surface area (Å²) in [5.74, 6) is 0.192. The van der Waals surface area contributed by atoms with E-state index in [2.05, 4.69) is 52.3 Å². The number of alkyl halides is 2. The number of halogens is 2. The lowest BCUT2D eigenvalue weighted by Crippen LogP contribution is -2.26. The van der Waals surface area contributed by atoms with Gasteiger partial charge in [-0.05, 0) is 67.6 Å². The van der Waals surface area contributed by atoms with Gasteiger partial charge in [0.1, 0.15) is 5.78 Å². The standard InChI is InChI=1S/C30H38F2N2O5/c1-19(21-10-11-25-22(14-21)15-28(29(2,3)4)34(25)17-24(37)18-35)33-16-23(36)8-6-5-7-20-9-12-26-27(13-20)39-30(31,32)38-26/h9-15,19,24,33,35,37H,5-8,16-18H2,1-4H3/t19?,24-/m1/s1. The Hall–Kier alpha value is -3.01. The van der Waals surface area contributed by atoms with E-state index in [1.807, 2.05) is 19.1 Å². The lowest BCUT2D eigenvalue weighted by Gasteiger charge is -2.23. The minimum Gasteiger partial charge on any atom is -0.395 e. The van der Waals surface area contributed by atoms with Crippen LogP contribution in [0, 0.1) is 0 Å². The fourth-order valence-electron chi connectivity index (χ4n) is 4.92. The van der Waals surface area contributed by atoms with Gasteiger partial charge in [-0.15, -0.1) is 8.78 Å². The molecule has 3 aromatic rings. The normalized spacial score (nSPS) is 16.0. The largest absolute Gasteiger partial charge is 0.586 e. The maximum atomic E-state index is 13.2. The number of carbonyl (C=O) groups is 1. The highest BCUT2D eigenvalue weighted by molar-refractivity contribution is 5.83. The maximum Gasteiger partial charge on any atom is 0.586 e. The molecule has 2 atom stereocenters. The van der Waals surface area contributed by atoms with Crippen LogP contribution in [0.15, 0.2) is 42.5 Å². The molecule has 1 aliphatic rings. The summed E-state index contributed by atoms with van der Waals surface area (Å²) < 4.78 is 37.3. The van der Waals surface area contributed by atoms with Gasteiger partial charge in [-0.3, -0.25) is 4.79 Å². The van der Waals surface area contributed by atoms with E-state index >= 15 is 0 Å². The van der Waals surface area contributed by atoms with Gasteiger partial charge in [-0.25, -0.2) is 0 Å². The molecule has 0 aliphatic carbocycles. The van der Waals surface area contributed by atoms with E-state index in [4.69, 9.17) is 0 Å². The number of aromatic nitrogens is 1. The number of ketones is 1. The van der Waals surface area contributed by atoms with Crippen LogP contribution in [0.25, 0.3) is 10.9 Å².